The molecule has 0 heterocycles. The fraction of sp³-hybridized carbons (Fsp3) is 0.500. The number of benzene rings is 1. The van der Waals surface area contributed by atoms with Crippen molar-refractivity contribution in [2.24, 2.45) is 5.73 Å². The summed E-state index contributed by atoms with van der Waals surface area (Å²) in [7, 11) is 0. The highest BCUT2D eigenvalue weighted by molar-refractivity contribution is 5.96. The minimum absolute atomic E-state index is 0.0122. The summed E-state index contributed by atoms with van der Waals surface area (Å²) >= 11 is 0. The number of likely N-dealkylation sites (N-methyl/N-ethyl adjacent to an activating group) is 1. The molecule has 0 aliphatic rings. The quantitative estimate of drug-likeness (QED) is 0.850. The Balaban J connectivity index is 2.84. The predicted octanol–water partition coefficient (Wildman–Crippen LogP) is 2.48. The monoisotopic (exact) mass is 234 g/mol. The molecule has 0 aliphatic heterocycles. The summed E-state index contributed by atoms with van der Waals surface area (Å²) in [5, 5.41) is 0. The van der Waals surface area contributed by atoms with Gasteiger partial charge in [-0.25, -0.2) is 0 Å². The Bertz CT molecular complexity index is 359. The second-order valence-electron chi connectivity index (χ2n) is 4.31. The highest BCUT2D eigenvalue weighted by Crippen LogP contribution is 2.16. The van der Waals surface area contributed by atoms with E-state index >= 15 is 0 Å². The van der Waals surface area contributed by atoms with Gasteiger partial charge in [0.1, 0.15) is 0 Å². The number of amides is 1. The molecule has 1 aromatic rings. The normalized spacial score (nSPS) is 12.2. The third-order valence-corrected chi connectivity index (χ3v) is 2.84. The third-order valence-electron chi connectivity index (χ3n) is 2.84. The summed E-state index contributed by atoms with van der Waals surface area (Å²) in [6.07, 6.45) is 1.67. The summed E-state index contributed by atoms with van der Waals surface area (Å²) in [6, 6.07) is 7.57. The number of aryl methyl sites for hydroxylation is 1. The molecule has 2 N–H and O–H groups in total. The number of anilines is 1. The van der Waals surface area contributed by atoms with Crippen molar-refractivity contribution in [2.75, 3.05) is 11.4 Å². The number of nitrogens with two attached hydrogens (primary N) is 1. The molecule has 94 valence electrons. The molecule has 0 radical (unpaired) electrons. The molecule has 17 heavy (non-hydrogen) atoms. The summed E-state index contributed by atoms with van der Waals surface area (Å²) in [5.41, 5.74) is 8.00. The van der Waals surface area contributed by atoms with E-state index in [1.54, 1.807) is 4.90 Å². The molecule has 1 aromatic carbocycles. The van der Waals surface area contributed by atoms with Crippen molar-refractivity contribution >= 4 is 11.6 Å². The Hall–Kier alpha value is -1.35. The van der Waals surface area contributed by atoms with E-state index in [0.29, 0.717) is 6.54 Å². The van der Waals surface area contributed by atoms with Gasteiger partial charge in [-0.3, -0.25) is 4.79 Å². The first-order valence-corrected chi connectivity index (χ1v) is 6.23. The van der Waals surface area contributed by atoms with E-state index in [1.807, 2.05) is 45.0 Å². The van der Waals surface area contributed by atoms with Crippen molar-refractivity contribution in [3.8, 4) is 0 Å². The topological polar surface area (TPSA) is 46.3 Å². The molecule has 0 aromatic heterocycles. The molecular weight excluding hydrogens is 212 g/mol. The molecule has 3 heteroatoms. The number of carbonyl (C=O) groups excluding carboxylic acids is 1. The van der Waals surface area contributed by atoms with Gasteiger partial charge in [0.2, 0.25) is 5.91 Å². The van der Waals surface area contributed by atoms with Crippen LogP contribution in [0.1, 0.15) is 32.3 Å². The van der Waals surface area contributed by atoms with Gasteiger partial charge >= 0.3 is 0 Å². The van der Waals surface area contributed by atoms with Crippen LogP contribution in [0.3, 0.4) is 0 Å². The molecule has 3 nitrogen and oxygen atoms in total. The van der Waals surface area contributed by atoms with Crippen LogP contribution >= 0.6 is 0 Å². The molecular formula is C14H22N2O. The Morgan fingerprint density at radius 3 is 2.35 bits per heavy atom. The van der Waals surface area contributed by atoms with Crippen LogP contribution in [0.4, 0.5) is 5.69 Å². The van der Waals surface area contributed by atoms with Crippen LogP contribution < -0.4 is 10.6 Å². The summed E-state index contributed by atoms with van der Waals surface area (Å²) in [4.78, 5) is 13.9. The van der Waals surface area contributed by atoms with Crippen LogP contribution in [0.2, 0.25) is 0 Å². The lowest BCUT2D eigenvalue weighted by Crippen LogP contribution is -2.43. The van der Waals surface area contributed by atoms with E-state index in [-0.39, 0.29) is 11.9 Å². The van der Waals surface area contributed by atoms with Crippen LogP contribution in [0.15, 0.2) is 24.3 Å². The van der Waals surface area contributed by atoms with Crippen molar-refractivity contribution in [3.05, 3.63) is 29.8 Å². The first kappa shape index (κ1) is 13.7. The average Bonchev–Trinajstić information content (AvgIpc) is 2.32. The van der Waals surface area contributed by atoms with Gasteiger partial charge in [0, 0.05) is 12.2 Å². The Labute approximate surface area is 104 Å². The maximum absolute atomic E-state index is 12.2. The smallest absolute Gasteiger partial charge is 0.243 e. The zero-order chi connectivity index (χ0) is 12.8. The van der Waals surface area contributed by atoms with Crippen LogP contribution in [0.5, 0.6) is 0 Å². The number of hydrogen-bond acceptors (Lipinski definition) is 2. The lowest BCUT2D eigenvalue weighted by Gasteiger charge is -2.24. The maximum Gasteiger partial charge on any atom is 0.243 e. The Morgan fingerprint density at radius 2 is 1.88 bits per heavy atom. The van der Waals surface area contributed by atoms with Gasteiger partial charge in [-0.2, -0.15) is 0 Å². The van der Waals surface area contributed by atoms with Crippen LogP contribution in [-0.4, -0.2) is 18.5 Å². The van der Waals surface area contributed by atoms with Gasteiger partial charge in [-0.15, -0.1) is 0 Å². The van der Waals surface area contributed by atoms with Crippen LogP contribution in [0.25, 0.3) is 0 Å². The molecule has 0 saturated carbocycles. The lowest BCUT2D eigenvalue weighted by atomic mass is 10.1. The fourth-order valence-corrected chi connectivity index (χ4v) is 1.83. The van der Waals surface area contributed by atoms with E-state index in [2.05, 4.69) is 0 Å². The van der Waals surface area contributed by atoms with Crippen LogP contribution in [-0.2, 0) is 4.79 Å². The first-order valence-electron chi connectivity index (χ1n) is 6.23. The van der Waals surface area contributed by atoms with E-state index in [9.17, 15) is 4.79 Å². The highest BCUT2D eigenvalue weighted by atomic mass is 16.2. The number of carbonyl (C=O) groups is 1. The Kier molecular flexibility index (Phi) is 5.16. The summed E-state index contributed by atoms with van der Waals surface area (Å²) < 4.78 is 0. The van der Waals surface area contributed by atoms with Gasteiger partial charge in [0.25, 0.3) is 0 Å². The van der Waals surface area contributed by atoms with Crippen molar-refractivity contribution in [3.63, 3.8) is 0 Å². The van der Waals surface area contributed by atoms with E-state index in [0.717, 1.165) is 18.5 Å². The molecule has 1 rings (SSSR count). The van der Waals surface area contributed by atoms with Gasteiger partial charge in [0.15, 0.2) is 0 Å². The third kappa shape index (κ3) is 3.56. The molecule has 0 unspecified atom stereocenters. The van der Waals surface area contributed by atoms with Crippen molar-refractivity contribution in [1.82, 2.24) is 0 Å². The van der Waals surface area contributed by atoms with E-state index < -0.39 is 0 Å². The largest absolute Gasteiger partial charge is 0.320 e. The van der Waals surface area contributed by atoms with Crippen LogP contribution in [0, 0.1) is 6.92 Å². The highest BCUT2D eigenvalue weighted by Gasteiger charge is 2.20. The maximum atomic E-state index is 12.2. The van der Waals surface area contributed by atoms with Crippen molar-refractivity contribution in [1.29, 1.82) is 0 Å². The zero-order valence-corrected chi connectivity index (χ0v) is 10.9. The Morgan fingerprint density at radius 1 is 1.29 bits per heavy atom. The zero-order valence-electron chi connectivity index (χ0n) is 10.9. The lowest BCUT2D eigenvalue weighted by molar-refractivity contribution is -0.119. The molecule has 1 atom stereocenters. The van der Waals surface area contributed by atoms with Crippen molar-refractivity contribution in [2.45, 2.75) is 39.7 Å². The van der Waals surface area contributed by atoms with Crippen molar-refractivity contribution < 1.29 is 4.79 Å². The molecule has 0 spiro atoms. The molecule has 0 fully saturated rings. The molecule has 0 saturated heterocycles. The predicted molar refractivity (Wildman–Crippen MR) is 72.1 cm³/mol. The molecule has 0 bridgehead atoms. The number of hydrogen-bond donors (Lipinski definition) is 1. The number of nitrogens with zero attached hydrogens (tertiary/aromatic N) is 1. The van der Waals surface area contributed by atoms with E-state index in [1.165, 1.54) is 5.56 Å². The second-order valence-corrected chi connectivity index (χ2v) is 4.31. The molecule has 1 amide bonds. The number of rotatable bonds is 5. The van der Waals surface area contributed by atoms with Gasteiger partial charge in [0.05, 0.1) is 6.04 Å². The van der Waals surface area contributed by atoms with Gasteiger partial charge in [-0.05, 0) is 32.4 Å². The minimum atomic E-state index is -0.388. The first-order chi connectivity index (χ1) is 8.10. The molecule has 0 aliphatic carbocycles. The summed E-state index contributed by atoms with van der Waals surface area (Å²) in [5.74, 6) is 0.0122. The average molecular weight is 234 g/mol. The second kappa shape index (κ2) is 6.40. The SMILES string of the molecule is CCC[C@H](N)C(=O)N(CC)c1ccc(C)cc1. The fourth-order valence-electron chi connectivity index (χ4n) is 1.83. The van der Waals surface area contributed by atoms with Gasteiger partial charge < -0.3 is 10.6 Å². The standard InChI is InChI=1S/C14H22N2O/c1-4-6-13(15)14(17)16(5-2)12-9-7-11(3)8-10-12/h7-10,13H,4-6,15H2,1-3H3/t13-/m0/s1. The summed E-state index contributed by atoms with van der Waals surface area (Å²) in [6.45, 7) is 6.69. The van der Waals surface area contributed by atoms with Gasteiger partial charge in [-0.1, -0.05) is 31.0 Å². The minimum Gasteiger partial charge on any atom is -0.320 e. The van der Waals surface area contributed by atoms with E-state index in [4.69, 9.17) is 5.73 Å².